The first-order valence-corrected chi connectivity index (χ1v) is 7.76. The molecule has 2 aromatic carbocycles. The van der Waals surface area contributed by atoms with Gasteiger partial charge in [-0.2, -0.15) is 0 Å². The molecule has 0 aromatic heterocycles. The van der Waals surface area contributed by atoms with Gasteiger partial charge in [-0.05, 0) is 37.1 Å². The lowest BCUT2D eigenvalue weighted by molar-refractivity contribution is -0.133. The number of esters is 1. The van der Waals surface area contributed by atoms with Gasteiger partial charge in [0.05, 0.1) is 20.1 Å². The molecule has 2 rings (SSSR count). The average molecular weight is 314 g/mol. The second-order valence-electron chi connectivity index (χ2n) is 5.03. The van der Waals surface area contributed by atoms with Gasteiger partial charge in [0, 0.05) is 5.56 Å². The lowest BCUT2D eigenvalue weighted by Crippen LogP contribution is -2.13. The van der Waals surface area contributed by atoms with Gasteiger partial charge >= 0.3 is 5.97 Å². The molecule has 0 spiro atoms. The van der Waals surface area contributed by atoms with E-state index in [1.165, 1.54) is 0 Å². The Kier molecular flexibility index (Phi) is 6.03. The zero-order valence-electron chi connectivity index (χ0n) is 13.8. The van der Waals surface area contributed by atoms with Crippen LogP contribution in [0.3, 0.4) is 0 Å². The Bertz CT molecular complexity index is 664. The predicted molar refractivity (Wildman–Crippen MR) is 89.3 cm³/mol. The van der Waals surface area contributed by atoms with Crippen molar-refractivity contribution < 1.29 is 19.0 Å². The third-order valence-corrected chi connectivity index (χ3v) is 3.47. The summed E-state index contributed by atoms with van der Waals surface area (Å²) in [6.07, 6.45) is 1.04. The van der Waals surface area contributed by atoms with Crippen LogP contribution < -0.4 is 14.2 Å². The van der Waals surface area contributed by atoms with Gasteiger partial charge in [-0.1, -0.05) is 31.2 Å². The zero-order chi connectivity index (χ0) is 16.7. The largest absolute Gasteiger partial charge is 0.496 e. The van der Waals surface area contributed by atoms with Crippen molar-refractivity contribution in [1.82, 2.24) is 0 Å². The molecule has 0 heterocycles. The highest BCUT2D eigenvalue weighted by Crippen LogP contribution is 2.29. The normalized spacial score (nSPS) is 10.2. The van der Waals surface area contributed by atoms with E-state index >= 15 is 0 Å². The molecule has 0 aliphatic heterocycles. The van der Waals surface area contributed by atoms with E-state index in [9.17, 15) is 4.79 Å². The summed E-state index contributed by atoms with van der Waals surface area (Å²) in [6.45, 7) is 4.49. The second-order valence-corrected chi connectivity index (χ2v) is 5.03. The first-order chi connectivity index (χ1) is 11.2. The molecule has 0 bridgehead atoms. The number of para-hydroxylation sites is 1. The van der Waals surface area contributed by atoms with Crippen LogP contribution in [0.5, 0.6) is 17.2 Å². The molecule has 0 amide bonds. The molecule has 122 valence electrons. The Morgan fingerprint density at radius 3 is 2.48 bits per heavy atom. The fourth-order valence-corrected chi connectivity index (χ4v) is 2.29. The highest BCUT2D eigenvalue weighted by molar-refractivity contribution is 5.76. The molecule has 4 nitrogen and oxygen atoms in total. The van der Waals surface area contributed by atoms with E-state index in [2.05, 4.69) is 6.92 Å². The van der Waals surface area contributed by atoms with Crippen LogP contribution in [0.2, 0.25) is 0 Å². The Morgan fingerprint density at radius 1 is 1.00 bits per heavy atom. The van der Waals surface area contributed by atoms with Gasteiger partial charge in [-0.3, -0.25) is 4.79 Å². The number of hydrogen-bond donors (Lipinski definition) is 0. The summed E-state index contributed by atoms with van der Waals surface area (Å²) >= 11 is 0. The summed E-state index contributed by atoms with van der Waals surface area (Å²) < 4.78 is 16.3. The highest BCUT2D eigenvalue weighted by Gasteiger charge is 2.14. The predicted octanol–water partition coefficient (Wildman–Crippen LogP) is 3.80. The number of ether oxygens (including phenoxy) is 3. The molecule has 0 radical (unpaired) electrons. The maximum atomic E-state index is 12.2. The van der Waals surface area contributed by atoms with Gasteiger partial charge in [0.15, 0.2) is 11.5 Å². The van der Waals surface area contributed by atoms with Crippen LogP contribution in [0.15, 0.2) is 42.5 Å². The molecular formula is C19H22O4. The standard InChI is InChI=1S/C19H22O4/c1-4-14-10-11-17(18(12-14)22-5-2)23-19(20)13-15-8-6-7-9-16(15)21-3/h6-12H,4-5,13H2,1-3H3. The maximum absolute atomic E-state index is 12.2. The number of methoxy groups -OCH3 is 1. The first kappa shape index (κ1) is 16.9. The van der Waals surface area contributed by atoms with Crippen LogP contribution in [-0.2, 0) is 17.6 Å². The highest BCUT2D eigenvalue weighted by atomic mass is 16.6. The van der Waals surface area contributed by atoms with E-state index in [1.54, 1.807) is 13.2 Å². The Balaban J connectivity index is 2.13. The van der Waals surface area contributed by atoms with Gasteiger partial charge in [-0.15, -0.1) is 0 Å². The first-order valence-electron chi connectivity index (χ1n) is 7.76. The molecule has 0 saturated heterocycles. The van der Waals surface area contributed by atoms with Crippen molar-refractivity contribution in [3.8, 4) is 17.2 Å². The minimum Gasteiger partial charge on any atom is -0.496 e. The topological polar surface area (TPSA) is 44.8 Å². The molecule has 0 atom stereocenters. The number of carbonyl (C=O) groups is 1. The number of rotatable bonds is 7. The van der Waals surface area contributed by atoms with E-state index in [-0.39, 0.29) is 12.4 Å². The number of carbonyl (C=O) groups excluding carboxylic acids is 1. The van der Waals surface area contributed by atoms with Gasteiger partial charge in [0.25, 0.3) is 0 Å². The van der Waals surface area contributed by atoms with Crippen LogP contribution in [0.1, 0.15) is 25.0 Å². The van der Waals surface area contributed by atoms with Gasteiger partial charge < -0.3 is 14.2 Å². The van der Waals surface area contributed by atoms with E-state index in [0.717, 1.165) is 17.5 Å². The van der Waals surface area contributed by atoms with Crippen molar-refractivity contribution in [2.24, 2.45) is 0 Å². The van der Waals surface area contributed by atoms with Gasteiger partial charge in [-0.25, -0.2) is 0 Å². The summed E-state index contributed by atoms with van der Waals surface area (Å²) in [5.41, 5.74) is 1.93. The molecule has 0 aliphatic rings. The quantitative estimate of drug-likeness (QED) is 0.576. The Hall–Kier alpha value is -2.49. The summed E-state index contributed by atoms with van der Waals surface area (Å²) in [5.74, 6) is 1.37. The van der Waals surface area contributed by atoms with E-state index < -0.39 is 0 Å². The van der Waals surface area contributed by atoms with E-state index in [4.69, 9.17) is 14.2 Å². The average Bonchev–Trinajstić information content (AvgIpc) is 2.57. The fourth-order valence-electron chi connectivity index (χ4n) is 2.29. The molecular weight excluding hydrogens is 292 g/mol. The van der Waals surface area contributed by atoms with Crippen molar-refractivity contribution in [1.29, 1.82) is 0 Å². The van der Waals surface area contributed by atoms with Gasteiger partial charge in [0.2, 0.25) is 0 Å². The Morgan fingerprint density at radius 2 is 1.78 bits per heavy atom. The molecule has 2 aromatic rings. The molecule has 0 unspecified atom stereocenters. The van der Waals surface area contributed by atoms with Crippen LogP contribution in [-0.4, -0.2) is 19.7 Å². The van der Waals surface area contributed by atoms with Crippen molar-refractivity contribution in [2.75, 3.05) is 13.7 Å². The Labute approximate surface area is 137 Å². The fraction of sp³-hybridized carbons (Fsp3) is 0.316. The van der Waals surface area contributed by atoms with Crippen LogP contribution in [0.4, 0.5) is 0 Å². The number of hydrogen-bond acceptors (Lipinski definition) is 4. The van der Waals surface area contributed by atoms with Gasteiger partial charge in [0.1, 0.15) is 5.75 Å². The third-order valence-electron chi connectivity index (χ3n) is 3.47. The summed E-state index contributed by atoms with van der Waals surface area (Å²) in [4.78, 5) is 12.2. The van der Waals surface area contributed by atoms with Crippen LogP contribution in [0.25, 0.3) is 0 Å². The maximum Gasteiger partial charge on any atom is 0.315 e. The molecule has 0 saturated carbocycles. The zero-order valence-corrected chi connectivity index (χ0v) is 13.8. The van der Waals surface area contributed by atoms with Crippen molar-refractivity contribution in [2.45, 2.75) is 26.7 Å². The summed E-state index contributed by atoms with van der Waals surface area (Å²) in [5, 5.41) is 0. The number of aryl methyl sites for hydroxylation is 1. The lowest BCUT2D eigenvalue weighted by atomic mass is 10.1. The molecule has 23 heavy (non-hydrogen) atoms. The minimum absolute atomic E-state index is 0.144. The second kappa shape index (κ2) is 8.22. The smallest absolute Gasteiger partial charge is 0.315 e. The van der Waals surface area contributed by atoms with E-state index in [1.807, 2.05) is 43.3 Å². The number of benzene rings is 2. The van der Waals surface area contributed by atoms with Crippen molar-refractivity contribution in [3.63, 3.8) is 0 Å². The van der Waals surface area contributed by atoms with Crippen molar-refractivity contribution in [3.05, 3.63) is 53.6 Å². The summed E-state index contributed by atoms with van der Waals surface area (Å²) in [6, 6.07) is 13.0. The molecule has 0 aliphatic carbocycles. The monoisotopic (exact) mass is 314 g/mol. The molecule has 0 N–H and O–H groups in total. The van der Waals surface area contributed by atoms with Crippen LogP contribution >= 0.6 is 0 Å². The third kappa shape index (κ3) is 4.49. The lowest BCUT2D eigenvalue weighted by Gasteiger charge is -2.12. The van der Waals surface area contributed by atoms with E-state index in [0.29, 0.717) is 23.9 Å². The van der Waals surface area contributed by atoms with Crippen LogP contribution in [0, 0.1) is 0 Å². The molecule has 4 heteroatoms. The van der Waals surface area contributed by atoms with Crippen molar-refractivity contribution >= 4 is 5.97 Å². The SMILES string of the molecule is CCOc1cc(CC)ccc1OC(=O)Cc1ccccc1OC. The summed E-state index contributed by atoms with van der Waals surface area (Å²) in [7, 11) is 1.58. The minimum atomic E-state index is -0.347. The molecule has 0 fully saturated rings.